The van der Waals surface area contributed by atoms with Crippen LogP contribution >= 0.6 is 0 Å². The summed E-state index contributed by atoms with van der Waals surface area (Å²) in [6.45, 7) is 4.67. The second kappa shape index (κ2) is 6.52. The van der Waals surface area contributed by atoms with Crippen LogP contribution in [0.15, 0.2) is 18.2 Å². The molecular weight excluding hydrogens is 254 g/mol. The average Bonchev–Trinajstić information content (AvgIpc) is 2.48. The van der Waals surface area contributed by atoms with Crippen molar-refractivity contribution in [3.05, 3.63) is 29.3 Å². The second-order valence-electron chi connectivity index (χ2n) is 4.89. The predicted octanol–water partition coefficient (Wildman–Crippen LogP) is 0.838. The van der Waals surface area contributed by atoms with Gasteiger partial charge in [-0.15, -0.1) is 0 Å². The summed E-state index contributed by atoms with van der Waals surface area (Å²) in [5.41, 5.74) is 3.19. The lowest BCUT2D eigenvalue weighted by Crippen LogP contribution is -2.56. The molecule has 1 aromatic carbocycles. The van der Waals surface area contributed by atoms with E-state index >= 15 is 0 Å². The first-order chi connectivity index (χ1) is 9.65. The molecule has 20 heavy (non-hydrogen) atoms. The van der Waals surface area contributed by atoms with Crippen molar-refractivity contribution >= 4 is 17.5 Å². The maximum absolute atomic E-state index is 12.3. The Hall–Kier alpha value is -1.88. The summed E-state index contributed by atoms with van der Waals surface area (Å²) in [7, 11) is 0. The number of para-hydroxylation sites is 1. The highest BCUT2D eigenvalue weighted by Gasteiger charge is 2.24. The Bertz CT molecular complexity index is 482. The number of nitrogens with one attached hydrogen (secondary N) is 3. The van der Waals surface area contributed by atoms with E-state index in [9.17, 15) is 9.59 Å². The van der Waals surface area contributed by atoms with Gasteiger partial charge >= 0.3 is 0 Å². The van der Waals surface area contributed by atoms with Crippen LogP contribution in [0.25, 0.3) is 0 Å². The van der Waals surface area contributed by atoms with Gasteiger partial charge in [0.2, 0.25) is 11.8 Å². The number of carbonyl (C=O) groups excluding carboxylic acids is 2. The van der Waals surface area contributed by atoms with Crippen LogP contribution in [0, 0.1) is 0 Å². The van der Waals surface area contributed by atoms with E-state index in [0.717, 1.165) is 29.7 Å². The quantitative estimate of drug-likeness (QED) is 0.762. The van der Waals surface area contributed by atoms with Gasteiger partial charge in [0.1, 0.15) is 6.04 Å². The van der Waals surface area contributed by atoms with Crippen LogP contribution in [0.1, 0.15) is 25.0 Å². The zero-order valence-corrected chi connectivity index (χ0v) is 12.0. The molecule has 1 aliphatic heterocycles. The molecule has 1 unspecified atom stereocenters. The van der Waals surface area contributed by atoms with E-state index < -0.39 is 0 Å². The Balaban J connectivity index is 2.13. The number of aryl methyl sites for hydroxylation is 2. The molecule has 1 heterocycles. The highest BCUT2D eigenvalue weighted by atomic mass is 16.2. The number of piperazine rings is 1. The molecule has 1 aromatic rings. The van der Waals surface area contributed by atoms with Crippen molar-refractivity contribution in [1.29, 1.82) is 0 Å². The van der Waals surface area contributed by atoms with Crippen LogP contribution in [0.5, 0.6) is 0 Å². The van der Waals surface area contributed by atoms with Gasteiger partial charge in [0, 0.05) is 12.2 Å². The highest BCUT2D eigenvalue weighted by molar-refractivity contribution is 5.97. The Labute approximate surface area is 119 Å². The molecule has 0 radical (unpaired) electrons. The van der Waals surface area contributed by atoms with Crippen molar-refractivity contribution in [2.45, 2.75) is 32.7 Å². The Morgan fingerprint density at radius 1 is 1.30 bits per heavy atom. The minimum absolute atomic E-state index is 0.0720. The number of hydrogen-bond acceptors (Lipinski definition) is 3. The van der Waals surface area contributed by atoms with Crippen molar-refractivity contribution in [2.24, 2.45) is 0 Å². The molecule has 0 aliphatic carbocycles. The van der Waals surface area contributed by atoms with Gasteiger partial charge in [-0.05, 0) is 24.0 Å². The van der Waals surface area contributed by atoms with Crippen LogP contribution < -0.4 is 16.0 Å². The summed E-state index contributed by atoms with van der Waals surface area (Å²) in [5.74, 6) is -0.169. The van der Waals surface area contributed by atoms with Crippen molar-refractivity contribution in [3.63, 3.8) is 0 Å². The topological polar surface area (TPSA) is 70.2 Å². The van der Waals surface area contributed by atoms with Crippen LogP contribution in [0.3, 0.4) is 0 Å². The summed E-state index contributed by atoms with van der Waals surface area (Å²) in [6.07, 6.45) is 1.75. The summed E-state index contributed by atoms with van der Waals surface area (Å²) >= 11 is 0. The van der Waals surface area contributed by atoms with Gasteiger partial charge in [-0.2, -0.15) is 0 Å². The third-order valence-electron chi connectivity index (χ3n) is 3.58. The van der Waals surface area contributed by atoms with Crippen molar-refractivity contribution in [3.8, 4) is 0 Å². The zero-order chi connectivity index (χ0) is 14.5. The molecule has 5 heteroatoms. The summed E-state index contributed by atoms with van der Waals surface area (Å²) in [6, 6.07) is 5.71. The summed E-state index contributed by atoms with van der Waals surface area (Å²) < 4.78 is 0. The first-order valence-corrected chi connectivity index (χ1v) is 7.07. The molecule has 1 fully saturated rings. The molecule has 0 spiro atoms. The average molecular weight is 275 g/mol. The van der Waals surface area contributed by atoms with Crippen LogP contribution in [-0.4, -0.2) is 30.9 Å². The van der Waals surface area contributed by atoms with Gasteiger partial charge in [0.25, 0.3) is 0 Å². The lowest BCUT2D eigenvalue weighted by atomic mass is 10.0. The van der Waals surface area contributed by atoms with E-state index in [1.54, 1.807) is 0 Å². The molecule has 1 saturated heterocycles. The molecular formula is C15H21N3O2. The second-order valence-corrected chi connectivity index (χ2v) is 4.89. The van der Waals surface area contributed by atoms with E-state index in [-0.39, 0.29) is 24.4 Å². The molecule has 2 amide bonds. The standard InChI is InChI=1S/C15H21N3O2/c1-3-10-6-5-7-11(4-2)14(10)18-15(20)12-8-17-13(19)9-16-12/h5-7,12,16H,3-4,8-9H2,1-2H3,(H,17,19)(H,18,20). The summed E-state index contributed by atoms with van der Waals surface area (Å²) in [4.78, 5) is 23.4. The van der Waals surface area contributed by atoms with E-state index in [0.29, 0.717) is 6.54 Å². The van der Waals surface area contributed by atoms with E-state index in [2.05, 4.69) is 29.8 Å². The molecule has 3 N–H and O–H groups in total. The van der Waals surface area contributed by atoms with Gasteiger partial charge < -0.3 is 10.6 Å². The van der Waals surface area contributed by atoms with Gasteiger partial charge in [0.15, 0.2) is 0 Å². The van der Waals surface area contributed by atoms with Crippen LogP contribution in [-0.2, 0) is 22.4 Å². The molecule has 5 nitrogen and oxygen atoms in total. The largest absolute Gasteiger partial charge is 0.353 e. The maximum Gasteiger partial charge on any atom is 0.243 e. The first-order valence-electron chi connectivity index (χ1n) is 7.07. The molecule has 1 aliphatic rings. The Kier molecular flexibility index (Phi) is 4.74. The molecule has 0 aromatic heterocycles. The lowest BCUT2D eigenvalue weighted by Gasteiger charge is -2.24. The molecule has 1 atom stereocenters. The smallest absolute Gasteiger partial charge is 0.243 e. The molecule has 108 valence electrons. The van der Waals surface area contributed by atoms with Gasteiger partial charge in [0.05, 0.1) is 6.54 Å². The van der Waals surface area contributed by atoms with Gasteiger partial charge in [-0.25, -0.2) is 0 Å². The fourth-order valence-corrected chi connectivity index (χ4v) is 2.37. The third kappa shape index (κ3) is 3.17. The lowest BCUT2D eigenvalue weighted by molar-refractivity contribution is -0.124. The van der Waals surface area contributed by atoms with Crippen molar-refractivity contribution in [1.82, 2.24) is 10.6 Å². The molecule has 0 bridgehead atoms. The minimum Gasteiger partial charge on any atom is -0.353 e. The zero-order valence-electron chi connectivity index (χ0n) is 12.0. The van der Waals surface area contributed by atoms with E-state index in [1.165, 1.54) is 0 Å². The van der Waals surface area contributed by atoms with E-state index in [4.69, 9.17) is 0 Å². The monoisotopic (exact) mass is 275 g/mol. The molecule has 2 rings (SSSR count). The fourth-order valence-electron chi connectivity index (χ4n) is 2.37. The fraction of sp³-hybridized carbons (Fsp3) is 0.467. The number of rotatable bonds is 4. The molecule has 0 saturated carbocycles. The van der Waals surface area contributed by atoms with Gasteiger partial charge in [-0.3, -0.25) is 14.9 Å². The first kappa shape index (κ1) is 14.5. The minimum atomic E-state index is -0.373. The Morgan fingerprint density at radius 2 is 1.95 bits per heavy atom. The maximum atomic E-state index is 12.3. The predicted molar refractivity (Wildman–Crippen MR) is 78.6 cm³/mol. The Morgan fingerprint density at radius 3 is 2.45 bits per heavy atom. The third-order valence-corrected chi connectivity index (χ3v) is 3.58. The van der Waals surface area contributed by atoms with Crippen LogP contribution in [0.2, 0.25) is 0 Å². The number of anilines is 1. The number of hydrogen-bond donors (Lipinski definition) is 3. The van der Waals surface area contributed by atoms with Gasteiger partial charge in [-0.1, -0.05) is 32.0 Å². The van der Waals surface area contributed by atoms with Crippen molar-refractivity contribution < 1.29 is 9.59 Å². The van der Waals surface area contributed by atoms with Crippen molar-refractivity contribution in [2.75, 3.05) is 18.4 Å². The SMILES string of the molecule is CCc1cccc(CC)c1NC(=O)C1CNC(=O)CN1. The van der Waals surface area contributed by atoms with Crippen LogP contribution in [0.4, 0.5) is 5.69 Å². The van der Waals surface area contributed by atoms with E-state index in [1.807, 2.05) is 18.2 Å². The normalized spacial score (nSPS) is 18.5. The summed E-state index contributed by atoms with van der Waals surface area (Å²) in [5, 5.41) is 8.65. The number of carbonyl (C=O) groups is 2. The number of benzene rings is 1. The number of amides is 2. The highest BCUT2D eigenvalue weighted by Crippen LogP contribution is 2.22.